The molecule has 4 rings (SSSR count). The molecule has 1 atom stereocenters. The number of hydrogen-bond acceptors (Lipinski definition) is 5. The third kappa shape index (κ3) is 8.79. The molecule has 2 N–H and O–H groups in total. The van der Waals surface area contributed by atoms with E-state index in [-0.39, 0.29) is 11.7 Å². The number of aromatic nitrogens is 2. The number of benzene rings is 1. The van der Waals surface area contributed by atoms with Gasteiger partial charge < -0.3 is 15.2 Å². The molecule has 0 aliphatic carbocycles. The van der Waals surface area contributed by atoms with Gasteiger partial charge in [-0.1, -0.05) is 62.1 Å². The Bertz CT molecular complexity index is 1070. The summed E-state index contributed by atoms with van der Waals surface area (Å²) in [5, 5.41) is 0.875. The smallest absolute Gasteiger partial charge is 0.246 e. The molecule has 1 unspecified atom stereocenters. The number of amides is 1. The van der Waals surface area contributed by atoms with Crippen molar-refractivity contribution in [2.75, 3.05) is 26.2 Å². The molecular formula is C30H44ClN5O2. The molecule has 0 bridgehead atoms. The lowest BCUT2D eigenvalue weighted by atomic mass is 10.1. The van der Waals surface area contributed by atoms with Crippen LogP contribution in [0.15, 0.2) is 42.6 Å². The van der Waals surface area contributed by atoms with Gasteiger partial charge in [-0.2, -0.15) is 0 Å². The highest BCUT2D eigenvalue weighted by Gasteiger charge is 2.25. The average Bonchev–Trinajstić information content (AvgIpc) is 3.56. The number of hydrogen-bond donors (Lipinski definition) is 1. The summed E-state index contributed by atoms with van der Waals surface area (Å²) in [6.45, 7) is 8.39. The van der Waals surface area contributed by atoms with Crippen molar-refractivity contribution < 1.29 is 9.59 Å². The molecule has 1 saturated heterocycles. The van der Waals surface area contributed by atoms with Gasteiger partial charge in [-0.3, -0.25) is 14.5 Å². The van der Waals surface area contributed by atoms with Crippen LogP contribution in [0.5, 0.6) is 0 Å². The molecule has 1 aromatic carbocycles. The largest absolute Gasteiger partial charge is 0.330 e. The van der Waals surface area contributed by atoms with Crippen LogP contribution in [0.2, 0.25) is 5.02 Å². The molecule has 1 fully saturated rings. The number of ketones is 1. The van der Waals surface area contributed by atoms with Crippen molar-refractivity contribution >= 4 is 23.3 Å². The van der Waals surface area contributed by atoms with Gasteiger partial charge in [0.2, 0.25) is 5.91 Å². The van der Waals surface area contributed by atoms with Crippen molar-refractivity contribution in [1.29, 1.82) is 0 Å². The van der Waals surface area contributed by atoms with E-state index in [2.05, 4.69) is 22.9 Å². The molecule has 1 aromatic heterocycles. The number of fused-ring (bicyclic) bond motifs is 1. The number of Topliss-reactive ketones (excluding diaryl/α,β-unsaturated/α-hetero) is 1. The quantitative estimate of drug-likeness (QED) is 0.238. The van der Waals surface area contributed by atoms with E-state index in [1.807, 2.05) is 33.7 Å². The Morgan fingerprint density at radius 3 is 2.58 bits per heavy atom. The minimum absolute atomic E-state index is 0.0177. The maximum absolute atomic E-state index is 12.7. The first-order chi connectivity index (χ1) is 18.4. The van der Waals surface area contributed by atoms with Crippen molar-refractivity contribution in [2.24, 2.45) is 5.73 Å². The van der Waals surface area contributed by atoms with Crippen LogP contribution in [-0.2, 0) is 24.3 Å². The summed E-state index contributed by atoms with van der Waals surface area (Å²) in [5.41, 5.74) is 7.40. The minimum atomic E-state index is 0.0177. The molecule has 0 spiro atoms. The number of nitrogens with zero attached hydrogens (tertiary/aromatic N) is 4. The molecular weight excluding hydrogens is 498 g/mol. The Balaban J connectivity index is 0.000000375. The number of rotatable bonds is 11. The Labute approximate surface area is 233 Å². The van der Waals surface area contributed by atoms with Crippen LogP contribution in [0, 0.1) is 0 Å². The van der Waals surface area contributed by atoms with Crippen LogP contribution in [0.1, 0.15) is 80.7 Å². The number of aryl methyl sites for hydroxylation is 1. The first kappa shape index (κ1) is 30.1. The molecule has 2 aliphatic heterocycles. The first-order valence-electron chi connectivity index (χ1n) is 14.1. The van der Waals surface area contributed by atoms with E-state index < -0.39 is 0 Å². The summed E-state index contributed by atoms with van der Waals surface area (Å²) in [6, 6.07) is 8.29. The second-order valence-corrected chi connectivity index (χ2v) is 10.5. The van der Waals surface area contributed by atoms with E-state index in [0.717, 1.165) is 49.7 Å². The Morgan fingerprint density at radius 1 is 1.11 bits per heavy atom. The van der Waals surface area contributed by atoms with Gasteiger partial charge in [0.15, 0.2) is 5.78 Å². The van der Waals surface area contributed by atoms with Crippen LogP contribution in [0.3, 0.4) is 0 Å². The summed E-state index contributed by atoms with van der Waals surface area (Å²) in [6.07, 6.45) is 14.9. The molecule has 2 aromatic rings. The summed E-state index contributed by atoms with van der Waals surface area (Å²) in [4.78, 5) is 33.0. The minimum Gasteiger partial charge on any atom is -0.330 e. The standard InChI is InChI=1S/C22H35N5O2.C8H9Cl/c1-18(28)20-16-24-21-17-26(14-15-27(20)21)22(29)10-9-19-8-7-13-25(19)12-6-4-2-3-5-11-23;1-2-7-5-3-4-6-8(7)9/h9-10,16,19H,2-8,11-15,17,23H2,1H3;3-6H,2H2,1H3/b10-9+;. The van der Waals surface area contributed by atoms with Gasteiger partial charge in [-0.25, -0.2) is 4.98 Å². The maximum atomic E-state index is 12.7. The van der Waals surface area contributed by atoms with E-state index >= 15 is 0 Å². The van der Waals surface area contributed by atoms with Crippen molar-refractivity contribution in [3.8, 4) is 0 Å². The molecule has 208 valence electrons. The number of imidazole rings is 1. The van der Waals surface area contributed by atoms with E-state index in [0.29, 0.717) is 31.4 Å². The van der Waals surface area contributed by atoms with Crippen molar-refractivity contribution in [3.05, 3.63) is 64.7 Å². The lowest BCUT2D eigenvalue weighted by molar-refractivity contribution is -0.127. The number of unbranched alkanes of at least 4 members (excludes halogenated alkanes) is 4. The molecule has 38 heavy (non-hydrogen) atoms. The monoisotopic (exact) mass is 541 g/mol. The zero-order valence-electron chi connectivity index (χ0n) is 23.1. The third-order valence-corrected chi connectivity index (χ3v) is 7.77. The van der Waals surface area contributed by atoms with Gasteiger partial charge in [0.25, 0.3) is 0 Å². The number of carbonyl (C=O) groups excluding carboxylic acids is 2. The Hall–Kier alpha value is -2.48. The zero-order valence-corrected chi connectivity index (χ0v) is 23.8. The van der Waals surface area contributed by atoms with Crippen molar-refractivity contribution in [3.63, 3.8) is 0 Å². The lowest BCUT2D eigenvalue weighted by Crippen LogP contribution is -2.38. The number of halogens is 1. The fraction of sp³-hybridized carbons (Fsp3) is 0.567. The third-order valence-electron chi connectivity index (χ3n) is 7.40. The fourth-order valence-electron chi connectivity index (χ4n) is 5.15. The van der Waals surface area contributed by atoms with E-state index in [9.17, 15) is 9.59 Å². The van der Waals surface area contributed by atoms with Crippen LogP contribution in [0.4, 0.5) is 0 Å². The van der Waals surface area contributed by atoms with Crippen LogP contribution >= 0.6 is 11.6 Å². The zero-order chi connectivity index (χ0) is 27.3. The second kappa shape index (κ2) is 15.8. The van der Waals surface area contributed by atoms with Gasteiger partial charge >= 0.3 is 0 Å². The molecule has 7 nitrogen and oxygen atoms in total. The van der Waals surface area contributed by atoms with E-state index in [4.69, 9.17) is 17.3 Å². The maximum Gasteiger partial charge on any atom is 0.246 e. The topological polar surface area (TPSA) is 84.5 Å². The lowest BCUT2D eigenvalue weighted by Gasteiger charge is -2.28. The highest BCUT2D eigenvalue weighted by Crippen LogP contribution is 2.20. The fourth-order valence-corrected chi connectivity index (χ4v) is 5.42. The summed E-state index contributed by atoms with van der Waals surface area (Å²) in [7, 11) is 0. The van der Waals surface area contributed by atoms with Crippen LogP contribution in [-0.4, -0.2) is 63.3 Å². The molecule has 8 heteroatoms. The first-order valence-corrected chi connectivity index (χ1v) is 14.5. The SMILES string of the molecule is CC(=O)c1cnc2n1CCN(C(=O)/C=C/C1CCCN1CCCCCCCN)C2.CCc1ccccc1Cl. The van der Waals surface area contributed by atoms with Crippen molar-refractivity contribution in [1.82, 2.24) is 19.4 Å². The van der Waals surface area contributed by atoms with Gasteiger partial charge in [0.1, 0.15) is 11.5 Å². The average molecular weight is 542 g/mol. The Morgan fingerprint density at radius 2 is 1.87 bits per heavy atom. The molecule has 2 aliphatic rings. The van der Waals surface area contributed by atoms with E-state index in [1.165, 1.54) is 37.7 Å². The van der Waals surface area contributed by atoms with Gasteiger partial charge in [0, 0.05) is 37.2 Å². The van der Waals surface area contributed by atoms with Gasteiger partial charge in [-0.15, -0.1) is 0 Å². The predicted octanol–water partition coefficient (Wildman–Crippen LogP) is 5.26. The predicted molar refractivity (Wildman–Crippen MR) is 154 cm³/mol. The Kier molecular flexibility index (Phi) is 12.5. The second-order valence-electron chi connectivity index (χ2n) is 10.1. The van der Waals surface area contributed by atoms with Gasteiger partial charge in [0.05, 0.1) is 12.7 Å². The summed E-state index contributed by atoms with van der Waals surface area (Å²) in [5.74, 6) is 0.849. The molecule has 1 amide bonds. The highest BCUT2D eigenvalue weighted by molar-refractivity contribution is 6.31. The molecule has 0 radical (unpaired) electrons. The number of nitrogens with two attached hydrogens (primary N) is 1. The molecule has 0 saturated carbocycles. The van der Waals surface area contributed by atoms with E-state index in [1.54, 1.807) is 19.2 Å². The van der Waals surface area contributed by atoms with Crippen molar-refractivity contribution in [2.45, 2.75) is 84.3 Å². The summed E-state index contributed by atoms with van der Waals surface area (Å²) >= 11 is 5.82. The van der Waals surface area contributed by atoms with Crippen LogP contribution in [0.25, 0.3) is 0 Å². The number of carbonyl (C=O) groups is 2. The number of likely N-dealkylation sites (tertiary alicyclic amines) is 1. The molecule has 3 heterocycles. The van der Waals surface area contributed by atoms with Crippen LogP contribution < -0.4 is 5.73 Å². The normalized spacial score (nSPS) is 17.4. The summed E-state index contributed by atoms with van der Waals surface area (Å²) < 4.78 is 1.93. The highest BCUT2D eigenvalue weighted by atomic mass is 35.5. The van der Waals surface area contributed by atoms with Gasteiger partial charge in [-0.05, 0) is 63.4 Å².